The highest BCUT2D eigenvalue weighted by Crippen LogP contribution is 2.30. The summed E-state index contributed by atoms with van der Waals surface area (Å²) >= 11 is 0. The minimum atomic E-state index is 0.364. The molecule has 0 radical (unpaired) electrons. The first-order valence-electron chi connectivity index (χ1n) is 10.8. The van der Waals surface area contributed by atoms with Crippen molar-refractivity contribution in [3.05, 3.63) is 29.8 Å². The molecular formula is C22H35N3O3. The fraction of sp³-hybridized carbons (Fsp3) is 0.682. The lowest BCUT2D eigenvalue weighted by molar-refractivity contribution is -0.0320. The van der Waals surface area contributed by atoms with Crippen LogP contribution in [0.1, 0.15) is 44.6 Å². The third-order valence-corrected chi connectivity index (χ3v) is 5.03. The van der Waals surface area contributed by atoms with E-state index in [4.69, 9.17) is 19.2 Å². The van der Waals surface area contributed by atoms with Gasteiger partial charge in [-0.2, -0.15) is 0 Å². The quantitative estimate of drug-likeness (QED) is 0.346. The van der Waals surface area contributed by atoms with Crippen LogP contribution in [0.5, 0.6) is 5.75 Å². The standard InChI is InChI=1S/C22H35N3O3/c1-2-23-22(24-12-5-13-27-20-10-14-26-15-11-20)25-16-19-6-3-4-7-21(19)28-17-18-8-9-18/h3-4,6-7,18,20H,2,5,8-17H2,1H3,(H2,23,24,25). The lowest BCUT2D eigenvalue weighted by Crippen LogP contribution is -2.38. The zero-order valence-electron chi connectivity index (χ0n) is 17.1. The molecule has 3 rings (SSSR count). The molecule has 6 heteroatoms. The highest BCUT2D eigenvalue weighted by molar-refractivity contribution is 5.79. The molecule has 28 heavy (non-hydrogen) atoms. The van der Waals surface area contributed by atoms with Crippen molar-refractivity contribution in [3.63, 3.8) is 0 Å². The molecule has 2 fully saturated rings. The van der Waals surface area contributed by atoms with Gasteiger partial charge in [0.15, 0.2) is 5.96 Å². The van der Waals surface area contributed by atoms with Crippen molar-refractivity contribution in [2.45, 2.75) is 51.7 Å². The van der Waals surface area contributed by atoms with Gasteiger partial charge in [-0.15, -0.1) is 0 Å². The van der Waals surface area contributed by atoms with Crippen LogP contribution in [0, 0.1) is 5.92 Å². The van der Waals surface area contributed by atoms with Gasteiger partial charge in [0.25, 0.3) is 0 Å². The SMILES string of the molecule is CCNC(=NCc1ccccc1OCC1CC1)NCCCOC1CCOCC1. The summed E-state index contributed by atoms with van der Waals surface area (Å²) in [6.07, 6.45) is 5.95. The number of benzene rings is 1. The van der Waals surface area contributed by atoms with Gasteiger partial charge in [0, 0.05) is 38.5 Å². The highest BCUT2D eigenvalue weighted by atomic mass is 16.5. The van der Waals surface area contributed by atoms with Crippen LogP contribution >= 0.6 is 0 Å². The van der Waals surface area contributed by atoms with Crippen LogP contribution in [-0.4, -0.2) is 51.6 Å². The van der Waals surface area contributed by atoms with E-state index in [9.17, 15) is 0 Å². The van der Waals surface area contributed by atoms with Gasteiger partial charge in [-0.1, -0.05) is 18.2 Å². The van der Waals surface area contributed by atoms with Crippen molar-refractivity contribution in [3.8, 4) is 5.75 Å². The Bertz CT molecular complexity index is 598. The molecule has 1 aromatic rings. The van der Waals surface area contributed by atoms with Gasteiger partial charge < -0.3 is 24.8 Å². The molecular weight excluding hydrogens is 354 g/mol. The average Bonchev–Trinajstić information content (AvgIpc) is 3.56. The largest absolute Gasteiger partial charge is 0.493 e. The number of hydrogen-bond acceptors (Lipinski definition) is 4. The summed E-state index contributed by atoms with van der Waals surface area (Å²) in [5, 5.41) is 6.72. The van der Waals surface area contributed by atoms with Gasteiger partial charge >= 0.3 is 0 Å². The molecule has 156 valence electrons. The van der Waals surface area contributed by atoms with Gasteiger partial charge in [0.1, 0.15) is 5.75 Å². The van der Waals surface area contributed by atoms with Crippen molar-refractivity contribution in [1.29, 1.82) is 0 Å². The molecule has 1 saturated carbocycles. The molecule has 0 amide bonds. The molecule has 0 atom stereocenters. The van der Waals surface area contributed by atoms with Crippen LogP contribution in [-0.2, 0) is 16.0 Å². The van der Waals surface area contributed by atoms with E-state index in [0.29, 0.717) is 12.6 Å². The van der Waals surface area contributed by atoms with Gasteiger partial charge in [0.05, 0.1) is 19.3 Å². The summed E-state index contributed by atoms with van der Waals surface area (Å²) in [6, 6.07) is 8.21. The number of hydrogen-bond donors (Lipinski definition) is 2. The molecule has 0 unspecified atom stereocenters. The van der Waals surface area contributed by atoms with Gasteiger partial charge in [-0.25, -0.2) is 4.99 Å². The molecule has 0 aromatic heterocycles. The van der Waals surface area contributed by atoms with E-state index in [0.717, 1.165) is 82.0 Å². The molecule has 1 aromatic carbocycles. The molecule has 1 heterocycles. The van der Waals surface area contributed by atoms with Crippen LogP contribution in [0.4, 0.5) is 0 Å². The molecule has 2 N–H and O–H groups in total. The Labute approximate surface area is 169 Å². The number of guanidine groups is 1. The first-order valence-corrected chi connectivity index (χ1v) is 10.8. The molecule has 6 nitrogen and oxygen atoms in total. The summed E-state index contributed by atoms with van der Waals surface area (Å²) in [5.74, 6) is 2.54. The Balaban J connectivity index is 1.40. The second-order valence-corrected chi connectivity index (χ2v) is 7.52. The van der Waals surface area contributed by atoms with Crippen LogP contribution in [0.15, 0.2) is 29.3 Å². The number of para-hydroxylation sites is 1. The number of aliphatic imine (C=N–C) groups is 1. The minimum Gasteiger partial charge on any atom is -0.493 e. The predicted octanol–water partition coefficient (Wildman–Crippen LogP) is 3.12. The van der Waals surface area contributed by atoms with Crippen LogP contribution in [0.25, 0.3) is 0 Å². The summed E-state index contributed by atoms with van der Waals surface area (Å²) in [7, 11) is 0. The van der Waals surface area contributed by atoms with Crippen LogP contribution < -0.4 is 15.4 Å². The minimum absolute atomic E-state index is 0.364. The molecule has 0 bridgehead atoms. The molecule has 1 aliphatic heterocycles. The Hall–Kier alpha value is -1.79. The Morgan fingerprint density at radius 1 is 1.14 bits per heavy atom. The second-order valence-electron chi connectivity index (χ2n) is 7.52. The summed E-state index contributed by atoms with van der Waals surface area (Å²) < 4.78 is 17.3. The van der Waals surface area contributed by atoms with E-state index in [-0.39, 0.29) is 0 Å². The lowest BCUT2D eigenvalue weighted by atomic mass is 10.1. The van der Waals surface area contributed by atoms with Crippen LogP contribution in [0.3, 0.4) is 0 Å². The van der Waals surface area contributed by atoms with Crippen molar-refractivity contribution in [2.24, 2.45) is 10.9 Å². The predicted molar refractivity (Wildman–Crippen MR) is 112 cm³/mol. The summed E-state index contributed by atoms with van der Waals surface area (Å²) in [6.45, 7) is 7.62. The van der Waals surface area contributed by atoms with E-state index < -0.39 is 0 Å². The van der Waals surface area contributed by atoms with Crippen molar-refractivity contribution >= 4 is 5.96 Å². The zero-order valence-corrected chi connectivity index (χ0v) is 17.1. The first kappa shape index (κ1) is 20.9. The van der Waals surface area contributed by atoms with E-state index in [1.807, 2.05) is 18.2 Å². The molecule has 1 aliphatic carbocycles. The van der Waals surface area contributed by atoms with E-state index in [1.54, 1.807) is 0 Å². The summed E-state index contributed by atoms with van der Waals surface area (Å²) in [4.78, 5) is 4.73. The summed E-state index contributed by atoms with van der Waals surface area (Å²) in [5.41, 5.74) is 1.13. The van der Waals surface area contributed by atoms with Crippen molar-refractivity contribution in [2.75, 3.05) is 39.5 Å². The monoisotopic (exact) mass is 389 g/mol. The Morgan fingerprint density at radius 2 is 1.96 bits per heavy atom. The van der Waals surface area contributed by atoms with Gasteiger partial charge in [-0.05, 0) is 51.0 Å². The number of ether oxygens (including phenoxy) is 3. The van der Waals surface area contributed by atoms with E-state index in [2.05, 4.69) is 23.6 Å². The van der Waals surface area contributed by atoms with Gasteiger partial charge in [0.2, 0.25) is 0 Å². The number of nitrogens with zero attached hydrogens (tertiary/aromatic N) is 1. The average molecular weight is 390 g/mol. The topological polar surface area (TPSA) is 64.1 Å². The zero-order chi connectivity index (χ0) is 19.4. The Morgan fingerprint density at radius 3 is 2.75 bits per heavy atom. The molecule has 0 spiro atoms. The fourth-order valence-electron chi connectivity index (χ4n) is 3.14. The second kappa shape index (κ2) is 11.9. The van der Waals surface area contributed by atoms with E-state index >= 15 is 0 Å². The third-order valence-electron chi connectivity index (χ3n) is 5.03. The van der Waals surface area contributed by atoms with E-state index in [1.165, 1.54) is 12.8 Å². The third kappa shape index (κ3) is 7.68. The maximum absolute atomic E-state index is 5.99. The first-order chi connectivity index (χ1) is 13.8. The smallest absolute Gasteiger partial charge is 0.191 e. The fourth-order valence-corrected chi connectivity index (χ4v) is 3.14. The highest BCUT2D eigenvalue weighted by Gasteiger charge is 2.22. The maximum atomic E-state index is 5.99. The molecule has 2 aliphatic rings. The molecule has 1 saturated heterocycles. The number of rotatable bonds is 11. The number of nitrogens with one attached hydrogen (secondary N) is 2. The Kier molecular flexibility index (Phi) is 8.91. The van der Waals surface area contributed by atoms with Crippen molar-refractivity contribution in [1.82, 2.24) is 10.6 Å². The lowest BCUT2D eigenvalue weighted by Gasteiger charge is -2.22. The normalized spacial score (nSPS) is 18.1. The van der Waals surface area contributed by atoms with Gasteiger partial charge in [-0.3, -0.25) is 0 Å². The van der Waals surface area contributed by atoms with Crippen molar-refractivity contribution < 1.29 is 14.2 Å². The maximum Gasteiger partial charge on any atom is 0.191 e. The van der Waals surface area contributed by atoms with Crippen LogP contribution in [0.2, 0.25) is 0 Å².